The van der Waals surface area contributed by atoms with Gasteiger partial charge >= 0.3 is 0 Å². The summed E-state index contributed by atoms with van der Waals surface area (Å²) < 4.78 is 19.1. The molecular weight excluding hydrogens is 243 g/mol. The number of nitrogens with one attached hydrogen (secondary N) is 1. The van der Waals surface area contributed by atoms with Crippen molar-refractivity contribution < 1.29 is 9.13 Å². The van der Waals surface area contributed by atoms with E-state index in [4.69, 9.17) is 4.74 Å². The highest BCUT2D eigenvalue weighted by Crippen LogP contribution is 2.23. The van der Waals surface area contributed by atoms with Gasteiger partial charge < -0.3 is 15.0 Å². The molecule has 0 aliphatic heterocycles. The Labute approximate surface area is 115 Å². The van der Waals surface area contributed by atoms with E-state index in [0.717, 1.165) is 37.3 Å². The Kier molecular flexibility index (Phi) is 7.45. The van der Waals surface area contributed by atoms with Crippen molar-refractivity contribution >= 4 is 5.69 Å². The van der Waals surface area contributed by atoms with Crippen molar-refractivity contribution in [2.24, 2.45) is 0 Å². The van der Waals surface area contributed by atoms with E-state index >= 15 is 0 Å². The topological polar surface area (TPSA) is 24.5 Å². The first-order valence-corrected chi connectivity index (χ1v) is 6.96. The highest BCUT2D eigenvalue weighted by molar-refractivity contribution is 5.54. The van der Waals surface area contributed by atoms with Crippen LogP contribution in [0.4, 0.5) is 10.1 Å². The molecule has 1 N–H and O–H groups in total. The molecular formula is C15H25FN2O. The summed E-state index contributed by atoms with van der Waals surface area (Å²) in [4.78, 5) is 2.15. The van der Waals surface area contributed by atoms with Crippen molar-refractivity contribution in [1.82, 2.24) is 5.32 Å². The smallest absolute Gasteiger partial charge is 0.129 e. The number of halogens is 1. The van der Waals surface area contributed by atoms with Crippen molar-refractivity contribution in [3.8, 4) is 0 Å². The Balaban J connectivity index is 2.87. The number of benzene rings is 1. The third kappa shape index (κ3) is 4.80. The molecule has 1 aromatic rings. The van der Waals surface area contributed by atoms with Crippen LogP contribution in [0.1, 0.15) is 25.8 Å². The fraction of sp³-hybridized carbons (Fsp3) is 0.600. The number of likely N-dealkylation sites (N-methyl/N-ethyl adjacent to an activating group) is 1. The summed E-state index contributed by atoms with van der Waals surface area (Å²) in [5.41, 5.74) is 1.71. The van der Waals surface area contributed by atoms with Crippen molar-refractivity contribution in [1.29, 1.82) is 0 Å². The lowest BCUT2D eigenvalue weighted by molar-refractivity contribution is 0.205. The lowest BCUT2D eigenvalue weighted by Crippen LogP contribution is -2.29. The first kappa shape index (κ1) is 15.9. The second-order valence-corrected chi connectivity index (χ2v) is 4.49. The largest absolute Gasteiger partial charge is 0.383 e. The third-order valence-corrected chi connectivity index (χ3v) is 3.11. The van der Waals surface area contributed by atoms with Crippen LogP contribution in [0, 0.1) is 5.82 Å². The number of nitrogens with zero attached hydrogens (tertiary/aromatic N) is 1. The molecule has 0 aliphatic carbocycles. The zero-order valence-corrected chi connectivity index (χ0v) is 12.2. The molecule has 0 unspecified atom stereocenters. The molecule has 0 fully saturated rings. The second kappa shape index (κ2) is 8.88. The Morgan fingerprint density at radius 1 is 1.32 bits per heavy atom. The van der Waals surface area contributed by atoms with Gasteiger partial charge in [-0.3, -0.25) is 0 Å². The highest BCUT2D eigenvalue weighted by atomic mass is 19.1. The first-order valence-electron chi connectivity index (χ1n) is 6.96. The quantitative estimate of drug-likeness (QED) is 0.697. The minimum atomic E-state index is -0.142. The molecule has 19 heavy (non-hydrogen) atoms. The molecule has 0 aromatic heterocycles. The summed E-state index contributed by atoms with van der Waals surface area (Å²) in [6.45, 7) is 7.91. The van der Waals surface area contributed by atoms with Crippen molar-refractivity contribution in [2.45, 2.75) is 26.8 Å². The van der Waals surface area contributed by atoms with Crippen LogP contribution in [-0.4, -0.2) is 33.4 Å². The van der Waals surface area contributed by atoms with Gasteiger partial charge in [-0.1, -0.05) is 13.0 Å². The van der Waals surface area contributed by atoms with E-state index < -0.39 is 0 Å². The number of hydrogen-bond acceptors (Lipinski definition) is 3. The van der Waals surface area contributed by atoms with Crippen molar-refractivity contribution in [3.05, 3.63) is 29.6 Å². The molecule has 0 heterocycles. The van der Waals surface area contributed by atoms with Gasteiger partial charge in [0.1, 0.15) is 5.82 Å². The number of ether oxygens (including phenoxy) is 1. The van der Waals surface area contributed by atoms with Crippen molar-refractivity contribution in [2.75, 3.05) is 38.3 Å². The van der Waals surface area contributed by atoms with E-state index in [0.29, 0.717) is 13.2 Å². The van der Waals surface area contributed by atoms with E-state index in [1.54, 1.807) is 13.2 Å². The van der Waals surface area contributed by atoms with Gasteiger partial charge in [0.05, 0.1) is 6.61 Å². The van der Waals surface area contributed by atoms with Crippen LogP contribution in [-0.2, 0) is 11.3 Å². The van der Waals surface area contributed by atoms with Gasteiger partial charge in [-0.25, -0.2) is 4.39 Å². The van der Waals surface area contributed by atoms with Crippen LogP contribution in [0.3, 0.4) is 0 Å². The molecule has 108 valence electrons. The standard InChI is InChI=1S/C15H25FN2O/c1-4-9-17-12-13-14(16)7-6-8-15(13)18(5-2)10-11-19-3/h6-8,17H,4-5,9-12H2,1-3H3. The number of rotatable bonds is 9. The van der Waals surface area contributed by atoms with Gasteiger partial charge in [0.15, 0.2) is 0 Å². The molecule has 0 spiro atoms. The molecule has 0 amide bonds. The SMILES string of the molecule is CCCNCc1c(F)cccc1N(CC)CCOC. The van der Waals surface area contributed by atoms with Gasteiger partial charge in [-0.15, -0.1) is 0 Å². The Bertz CT molecular complexity index is 371. The maximum atomic E-state index is 14.0. The Morgan fingerprint density at radius 3 is 2.74 bits per heavy atom. The van der Waals surface area contributed by atoms with E-state index in [2.05, 4.69) is 24.1 Å². The van der Waals surface area contributed by atoms with Gasteiger partial charge in [0.2, 0.25) is 0 Å². The van der Waals surface area contributed by atoms with E-state index in [1.807, 2.05) is 6.07 Å². The Hall–Kier alpha value is -1.13. The minimum absolute atomic E-state index is 0.142. The lowest BCUT2D eigenvalue weighted by atomic mass is 10.1. The van der Waals surface area contributed by atoms with Crippen LogP contribution < -0.4 is 10.2 Å². The maximum Gasteiger partial charge on any atom is 0.129 e. The molecule has 0 aliphatic rings. The van der Waals surface area contributed by atoms with Crippen molar-refractivity contribution in [3.63, 3.8) is 0 Å². The van der Waals surface area contributed by atoms with Gasteiger partial charge in [-0.2, -0.15) is 0 Å². The van der Waals surface area contributed by atoms with Crippen LogP contribution >= 0.6 is 0 Å². The zero-order chi connectivity index (χ0) is 14.1. The average Bonchev–Trinajstić information content (AvgIpc) is 2.42. The molecule has 0 saturated heterocycles. The second-order valence-electron chi connectivity index (χ2n) is 4.49. The maximum absolute atomic E-state index is 14.0. The first-order chi connectivity index (χ1) is 9.24. The Morgan fingerprint density at radius 2 is 2.11 bits per heavy atom. The molecule has 0 saturated carbocycles. The normalized spacial score (nSPS) is 10.7. The summed E-state index contributed by atoms with van der Waals surface area (Å²) in [6.07, 6.45) is 1.05. The third-order valence-electron chi connectivity index (χ3n) is 3.11. The number of hydrogen-bond donors (Lipinski definition) is 1. The summed E-state index contributed by atoms with van der Waals surface area (Å²) in [6, 6.07) is 5.27. The molecule has 0 bridgehead atoms. The van der Waals surface area contributed by atoms with Crippen LogP contribution in [0.15, 0.2) is 18.2 Å². The average molecular weight is 268 g/mol. The summed E-state index contributed by atoms with van der Waals surface area (Å²) in [7, 11) is 1.68. The van der Waals surface area contributed by atoms with Gasteiger partial charge in [-0.05, 0) is 32.0 Å². The number of methoxy groups -OCH3 is 1. The highest BCUT2D eigenvalue weighted by Gasteiger charge is 2.13. The molecule has 4 heteroatoms. The predicted molar refractivity (Wildman–Crippen MR) is 78.2 cm³/mol. The lowest BCUT2D eigenvalue weighted by Gasteiger charge is -2.26. The molecule has 0 atom stereocenters. The fourth-order valence-electron chi connectivity index (χ4n) is 2.06. The fourth-order valence-corrected chi connectivity index (χ4v) is 2.06. The van der Waals surface area contributed by atoms with Gasteiger partial charge in [0, 0.05) is 38.0 Å². The molecule has 0 radical (unpaired) electrons. The zero-order valence-electron chi connectivity index (χ0n) is 12.2. The summed E-state index contributed by atoms with van der Waals surface area (Å²) in [5, 5.41) is 3.27. The van der Waals surface area contributed by atoms with Gasteiger partial charge in [0.25, 0.3) is 0 Å². The van der Waals surface area contributed by atoms with E-state index in [9.17, 15) is 4.39 Å². The summed E-state index contributed by atoms with van der Waals surface area (Å²) >= 11 is 0. The van der Waals surface area contributed by atoms with Crippen LogP contribution in [0.2, 0.25) is 0 Å². The minimum Gasteiger partial charge on any atom is -0.383 e. The molecule has 1 rings (SSSR count). The monoisotopic (exact) mass is 268 g/mol. The summed E-state index contributed by atoms with van der Waals surface area (Å²) in [5.74, 6) is -0.142. The van der Waals surface area contributed by atoms with E-state index in [1.165, 1.54) is 6.07 Å². The molecule has 3 nitrogen and oxygen atoms in total. The van der Waals surface area contributed by atoms with Crippen LogP contribution in [0.5, 0.6) is 0 Å². The van der Waals surface area contributed by atoms with E-state index in [-0.39, 0.29) is 5.82 Å². The van der Waals surface area contributed by atoms with Crippen LogP contribution in [0.25, 0.3) is 0 Å². The molecule has 1 aromatic carbocycles. The number of anilines is 1. The predicted octanol–water partition coefficient (Wildman–Crippen LogP) is 2.80.